The van der Waals surface area contributed by atoms with Crippen molar-refractivity contribution in [2.24, 2.45) is 16.1 Å². The van der Waals surface area contributed by atoms with Gasteiger partial charge < -0.3 is 0 Å². The van der Waals surface area contributed by atoms with E-state index in [0.29, 0.717) is 5.92 Å². The highest BCUT2D eigenvalue weighted by Crippen LogP contribution is 2.65. The van der Waals surface area contributed by atoms with Crippen molar-refractivity contribution in [3.8, 4) is 0 Å². The lowest BCUT2D eigenvalue weighted by molar-refractivity contribution is 0.658. The molecule has 3 unspecified atom stereocenters. The Morgan fingerprint density at radius 3 is 2.56 bits per heavy atom. The summed E-state index contributed by atoms with van der Waals surface area (Å²) >= 11 is 3.65. The zero-order valence-corrected chi connectivity index (χ0v) is 7.14. The van der Waals surface area contributed by atoms with Crippen LogP contribution in [0.1, 0.15) is 13.8 Å². The van der Waals surface area contributed by atoms with Crippen LogP contribution in [0, 0.1) is 5.92 Å². The lowest BCUT2D eigenvalue weighted by atomic mass is 10.3. The van der Waals surface area contributed by atoms with Gasteiger partial charge in [0.05, 0.1) is 10.9 Å². The van der Waals surface area contributed by atoms with E-state index in [1.54, 1.807) is 0 Å². The fourth-order valence-corrected chi connectivity index (χ4v) is 2.48. The maximum absolute atomic E-state index is 4.17. The standard InChI is InChI=1S/C6H9BrN2/c1-4-5(2)6(4,7)3-8-9-5/h4H,3H2,1-2H3. The molecule has 0 aromatic carbocycles. The summed E-state index contributed by atoms with van der Waals surface area (Å²) < 4.78 is 0.236. The topological polar surface area (TPSA) is 24.7 Å². The molecular weight excluding hydrogens is 180 g/mol. The molecule has 0 aromatic rings. The molecule has 0 amide bonds. The third-order valence-electron chi connectivity index (χ3n) is 2.87. The van der Waals surface area contributed by atoms with Crippen molar-refractivity contribution < 1.29 is 0 Å². The van der Waals surface area contributed by atoms with Gasteiger partial charge in [-0.3, -0.25) is 0 Å². The van der Waals surface area contributed by atoms with Gasteiger partial charge in [-0.2, -0.15) is 10.2 Å². The molecule has 2 rings (SSSR count). The number of alkyl halides is 1. The molecule has 3 atom stereocenters. The summed E-state index contributed by atoms with van der Waals surface area (Å²) in [6, 6.07) is 0. The largest absolute Gasteiger partial charge is 0.192 e. The molecule has 0 radical (unpaired) electrons. The van der Waals surface area contributed by atoms with E-state index in [9.17, 15) is 0 Å². The molecule has 0 saturated heterocycles. The fraction of sp³-hybridized carbons (Fsp3) is 1.00. The van der Waals surface area contributed by atoms with Crippen LogP contribution >= 0.6 is 15.9 Å². The number of fused-ring (bicyclic) bond motifs is 1. The van der Waals surface area contributed by atoms with E-state index in [2.05, 4.69) is 40.0 Å². The van der Waals surface area contributed by atoms with Gasteiger partial charge in [-0.05, 0) is 6.92 Å². The van der Waals surface area contributed by atoms with E-state index < -0.39 is 0 Å². The van der Waals surface area contributed by atoms with Crippen LogP contribution in [0.2, 0.25) is 0 Å². The number of rotatable bonds is 0. The number of hydrogen-bond donors (Lipinski definition) is 0. The predicted octanol–water partition coefficient (Wildman–Crippen LogP) is 1.99. The van der Waals surface area contributed by atoms with Gasteiger partial charge in [0.2, 0.25) is 0 Å². The van der Waals surface area contributed by atoms with E-state index in [1.165, 1.54) is 0 Å². The lowest BCUT2D eigenvalue weighted by Gasteiger charge is -1.97. The highest BCUT2D eigenvalue weighted by Gasteiger charge is 2.74. The molecule has 1 aliphatic carbocycles. The number of nitrogens with zero attached hydrogens (tertiary/aromatic N) is 2. The first kappa shape index (κ1) is 5.83. The third kappa shape index (κ3) is 0.407. The van der Waals surface area contributed by atoms with Gasteiger partial charge in [-0.25, -0.2) is 0 Å². The van der Waals surface area contributed by atoms with Crippen LogP contribution in [0.3, 0.4) is 0 Å². The smallest absolute Gasteiger partial charge is 0.100 e. The number of hydrogen-bond acceptors (Lipinski definition) is 2. The number of halogens is 1. The minimum absolute atomic E-state index is 0.132. The molecule has 2 aliphatic rings. The van der Waals surface area contributed by atoms with Crippen LogP contribution in [0.5, 0.6) is 0 Å². The summed E-state index contributed by atoms with van der Waals surface area (Å²) in [4.78, 5) is 0. The Morgan fingerprint density at radius 1 is 1.67 bits per heavy atom. The van der Waals surface area contributed by atoms with Gasteiger partial charge in [0.1, 0.15) is 5.54 Å². The summed E-state index contributed by atoms with van der Waals surface area (Å²) in [7, 11) is 0. The molecule has 0 aromatic heterocycles. The SMILES string of the molecule is CC1C2(Br)CN=NC12C. The van der Waals surface area contributed by atoms with E-state index in [-0.39, 0.29) is 9.86 Å². The molecule has 0 spiro atoms. The Kier molecular flexibility index (Phi) is 0.803. The van der Waals surface area contributed by atoms with Crippen molar-refractivity contribution in [2.75, 3.05) is 6.54 Å². The Labute approximate surface area is 62.9 Å². The Morgan fingerprint density at radius 2 is 2.33 bits per heavy atom. The highest BCUT2D eigenvalue weighted by atomic mass is 79.9. The van der Waals surface area contributed by atoms with Crippen molar-refractivity contribution in [3.63, 3.8) is 0 Å². The molecular formula is C6H9BrN2. The van der Waals surface area contributed by atoms with Crippen molar-refractivity contribution in [1.82, 2.24) is 0 Å². The molecule has 1 aliphatic heterocycles. The molecule has 1 fully saturated rings. The molecule has 2 nitrogen and oxygen atoms in total. The quantitative estimate of drug-likeness (QED) is 0.520. The molecule has 0 N–H and O–H groups in total. The lowest BCUT2D eigenvalue weighted by Crippen LogP contribution is -2.10. The summed E-state index contributed by atoms with van der Waals surface area (Å²) in [5.74, 6) is 0.669. The summed E-state index contributed by atoms with van der Waals surface area (Å²) in [6.45, 7) is 5.24. The maximum atomic E-state index is 4.17. The van der Waals surface area contributed by atoms with Crippen LogP contribution in [0.4, 0.5) is 0 Å². The van der Waals surface area contributed by atoms with E-state index >= 15 is 0 Å². The normalized spacial score (nSPS) is 61.9. The van der Waals surface area contributed by atoms with Gasteiger partial charge in [0.15, 0.2) is 0 Å². The van der Waals surface area contributed by atoms with Crippen LogP contribution < -0.4 is 0 Å². The second-order valence-electron chi connectivity index (χ2n) is 3.13. The monoisotopic (exact) mass is 188 g/mol. The Balaban J connectivity index is 2.38. The van der Waals surface area contributed by atoms with E-state index in [0.717, 1.165) is 6.54 Å². The van der Waals surface area contributed by atoms with Crippen LogP contribution in [0.25, 0.3) is 0 Å². The molecule has 3 heteroatoms. The first-order chi connectivity index (χ1) is 4.11. The summed E-state index contributed by atoms with van der Waals surface area (Å²) in [5, 5.41) is 8.16. The van der Waals surface area contributed by atoms with Crippen molar-refractivity contribution in [1.29, 1.82) is 0 Å². The van der Waals surface area contributed by atoms with Crippen LogP contribution in [-0.4, -0.2) is 16.4 Å². The first-order valence-electron chi connectivity index (χ1n) is 3.19. The molecule has 1 heterocycles. The minimum atomic E-state index is 0.132. The zero-order chi connectivity index (χ0) is 6.70. The third-order valence-corrected chi connectivity index (χ3v) is 4.61. The summed E-state index contributed by atoms with van der Waals surface area (Å²) in [5.41, 5.74) is 0.132. The Hall–Kier alpha value is 0.0800. The van der Waals surface area contributed by atoms with Gasteiger partial charge in [-0.15, -0.1) is 0 Å². The van der Waals surface area contributed by atoms with E-state index in [4.69, 9.17) is 0 Å². The fourth-order valence-electron chi connectivity index (χ4n) is 1.61. The zero-order valence-electron chi connectivity index (χ0n) is 5.56. The van der Waals surface area contributed by atoms with Crippen molar-refractivity contribution in [3.05, 3.63) is 0 Å². The average Bonchev–Trinajstić information content (AvgIpc) is 2.20. The minimum Gasteiger partial charge on any atom is -0.192 e. The first-order valence-corrected chi connectivity index (χ1v) is 3.98. The molecule has 9 heavy (non-hydrogen) atoms. The number of azo groups is 1. The van der Waals surface area contributed by atoms with Crippen LogP contribution in [0.15, 0.2) is 10.2 Å². The predicted molar refractivity (Wildman–Crippen MR) is 39.0 cm³/mol. The van der Waals surface area contributed by atoms with Gasteiger partial charge >= 0.3 is 0 Å². The van der Waals surface area contributed by atoms with Crippen molar-refractivity contribution in [2.45, 2.75) is 23.7 Å². The Bertz CT molecular complexity index is 191. The maximum Gasteiger partial charge on any atom is 0.100 e. The van der Waals surface area contributed by atoms with Gasteiger partial charge in [-0.1, -0.05) is 22.9 Å². The molecule has 1 saturated carbocycles. The molecule has 50 valence electrons. The second-order valence-corrected chi connectivity index (χ2v) is 4.55. The van der Waals surface area contributed by atoms with Gasteiger partial charge in [0.25, 0.3) is 0 Å². The highest BCUT2D eigenvalue weighted by molar-refractivity contribution is 9.10. The summed E-state index contributed by atoms with van der Waals surface area (Å²) in [6.07, 6.45) is 0. The van der Waals surface area contributed by atoms with E-state index in [1.807, 2.05) is 0 Å². The average molecular weight is 189 g/mol. The molecule has 0 bridgehead atoms. The van der Waals surface area contributed by atoms with Crippen LogP contribution in [-0.2, 0) is 0 Å². The second kappa shape index (κ2) is 1.24. The van der Waals surface area contributed by atoms with Gasteiger partial charge in [0, 0.05) is 5.92 Å². The van der Waals surface area contributed by atoms with Crippen molar-refractivity contribution >= 4 is 15.9 Å².